The normalized spacial score (nSPS) is 24.0. The van der Waals surface area contributed by atoms with Gasteiger partial charge in [-0.1, -0.05) is 12.1 Å². The van der Waals surface area contributed by atoms with E-state index in [9.17, 15) is 0 Å². The average Bonchev–Trinajstić information content (AvgIpc) is 2.78. The zero-order valence-corrected chi connectivity index (χ0v) is 10.2. The first-order valence-corrected chi connectivity index (χ1v) is 6.59. The van der Waals surface area contributed by atoms with Crippen molar-refractivity contribution in [1.82, 2.24) is 0 Å². The molecule has 0 radical (unpaired) electrons. The van der Waals surface area contributed by atoms with Gasteiger partial charge >= 0.3 is 0 Å². The first-order valence-electron chi connectivity index (χ1n) is 6.59. The van der Waals surface area contributed by atoms with E-state index in [1.807, 2.05) is 0 Å². The third-order valence-corrected chi connectivity index (χ3v) is 3.67. The fourth-order valence-corrected chi connectivity index (χ4v) is 2.74. The zero-order chi connectivity index (χ0) is 11.5. The van der Waals surface area contributed by atoms with Crippen LogP contribution in [-0.4, -0.2) is 32.8 Å². The standard InChI is InChI=1S/C14H20N2O/c1-2-5-14-13(4-1)15-7-3-8-16(14)10-12-6-9-17-11-12/h1-2,4-5,12,15H,3,6-11H2. The zero-order valence-electron chi connectivity index (χ0n) is 10.2. The van der Waals surface area contributed by atoms with Crippen molar-refractivity contribution >= 4 is 11.4 Å². The Morgan fingerprint density at radius 3 is 3.18 bits per heavy atom. The molecule has 0 spiro atoms. The van der Waals surface area contributed by atoms with Crippen molar-refractivity contribution < 1.29 is 4.74 Å². The van der Waals surface area contributed by atoms with E-state index >= 15 is 0 Å². The van der Waals surface area contributed by atoms with E-state index in [0.29, 0.717) is 5.92 Å². The highest BCUT2D eigenvalue weighted by molar-refractivity contribution is 5.70. The lowest BCUT2D eigenvalue weighted by molar-refractivity contribution is 0.186. The summed E-state index contributed by atoms with van der Waals surface area (Å²) in [7, 11) is 0. The minimum Gasteiger partial charge on any atom is -0.383 e. The molecule has 1 atom stereocenters. The number of benzene rings is 1. The number of nitrogens with zero attached hydrogens (tertiary/aromatic N) is 1. The lowest BCUT2D eigenvalue weighted by atomic mass is 10.1. The fourth-order valence-electron chi connectivity index (χ4n) is 2.74. The lowest BCUT2D eigenvalue weighted by Gasteiger charge is -2.26. The van der Waals surface area contributed by atoms with Gasteiger partial charge in [0.15, 0.2) is 0 Å². The number of ether oxygens (including phenoxy) is 1. The van der Waals surface area contributed by atoms with E-state index in [4.69, 9.17) is 4.74 Å². The summed E-state index contributed by atoms with van der Waals surface area (Å²) in [4.78, 5) is 2.52. The van der Waals surface area contributed by atoms with Crippen LogP contribution in [0.3, 0.4) is 0 Å². The second kappa shape index (κ2) is 4.96. The summed E-state index contributed by atoms with van der Waals surface area (Å²) < 4.78 is 5.48. The van der Waals surface area contributed by atoms with E-state index in [1.165, 1.54) is 24.2 Å². The maximum absolute atomic E-state index is 5.48. The molecule has 92 valence electrons. The number of rotatable bonds is 2. The summed E-state index contributed by atoms with van der Waals surface area (Å²) >= 11 is 0. The molecule has 0 aliphatic carbocycles. The van der Waals surface area contributed by atoms with Crippen LogP contribution in [0.15, 0.2) is 24.3 Å². The molecule has 3 heteroatoms. The van der Waals surface area contributed by atoms with Gasteiger partial charge in [0.25, 0.3) is 0 Å². The van der Waals surface area contributed by atoms with Crippen molar-refractivity contribution in [3.05, 3.63) is 24.3 Å². The molecule has 17 heavy (non-hydrogen) atoms. The van der Waals surface area contributed by atoms with Crippen molar-refractivity contribution in [1.29, 1.82) is 0 Å². The van der Waals surface area contributed by atoms with E-state index in [1.54, 1.807) is 0 Å². The number of para-hydroxylation sites is 2. The topological polar surface area (TPSA) is 24.5 Å². The Morgan fingerprint density at radius 2 is 2.29 bits per heavy atom. The van der Waals surface area contributed by atoms with Crippen LogP contribution < -0.4 is 10.2 Å². The van der Waals surface area contributed by atoms with Crippen LogP contribution in [0.25, 0.3) is 0 Å². The van der Waals surface area contributed by atoms with Gasteiger partial charge in [0.05, 0.1) is 18.0 Å². The Bertz CT molecular complexity index is 374. The Labute approximate surface area is 103 Å². The molecule has 2 aliphatic rings. The number of anilines is 2. The summed E-state index contributed by atoms with van der Waals surface area (Å²) in [6.45, 7) is 5.25. The van der Waals surface area contributed by atoms with E-state index in [-0.39, 0.29) is 0 Å². The number of hydrogen-bond donors (Lipinski definition) is 1. The predicted molar refractivity (Wildman–Crippen MR) is 70.7 cm³/mol. The molecule has 2 aliphatic heterocycles. The van der Waals surface area contributed by atoms with Crippen molar-refractivity contribution in [2.24, 2.45) is 5.92 Å². The molecule has 1 fully saturated rings. The monoisotopic (exact) mass is 232 g/mol. The maximum Gasteiger partial charge on any atom is 0.0602 e. The van der Waals surface area contributed by atoms with Gasteiger partial charge in [-0.3, -0.25) is 0 Å². The Balaban J connectivity index is 1.78. The highest BCUT2D eigenvalue weighted by atomic mass is 16.5. The average molecular weight is 232 g/mol. The molecule has 0 amide bonds. The first kappa shape index (κ1) is 10.9. The summed E-state index contributed by atoms with van der Waals surface area (Å²) in [6, 6.07) is 8.64. The minimum atomic E-state index is 0.709. The Morgan fingerprint density at radius 1 is 1.35 bits per heavy atom. The summed E-state index contributed by atoms with van der Waals surface area (Å²) in [5.41, 5.74) is 2.64. The Kier molecular flexibility index (Phi) is 3.18. The fraction of sp³-hybridized carbons (Fsp3) is 0.571. The molecule has 0 saturated carbocycles. The van der Waals surface area contributed by atoms with Crippen LogP contribution in [0.1, 0.15) is 12.8 Å². The molecule has 0 aromatic heterocycles. The van der Waals surface area contributed by atoms with Crippen molar-refractivity contribution in [2.75, 3.05) is 43.1 Å². The third-order valence-electron chi connectivity index (χ3n) is 3.67. The smallest absolute Gasteiger partial charge is 0.0602 e. The van der Waals surface area contributed by atoms with Crippen LogP contribution in [0.2, 0.25) is 0 Å². The predicted octanol–water partition coefficient (Wildman–Crippen LogP) is 2.35. The highest BCUT2D eigenvalue weighted by Gasteiger charge is 2.21. The molecule has 3 rings (SSSR count). The van der Waals surface area contributed by atoms with Gasteiger partial charge in [-0.25, -0.2) is 0 Å². The van der Waals surface area contributed by atoms with E-state index in [2.05, 4.69) is 34.5 Å². The second-order valence-corrected chi connectivity index (χ2v) is 4.97. The van der Waals surface area contributed by atoms with Crippen molar-refractivity contribution in [3.63, 3.8) is 0 Å². The molecule has 1 aromatic rings. The van der Waals surface area contributed by atoms with Crippen molar-refractivity contribution in [3.8, 4) is 0 Å². The number of hydrogen-bond acceptors (Lipinski definition) is 3. The molecular weight excluding hydrogens is 212 g/mol. The highest BCUT2D eigenvalue weighted by Crippen LogP contribution is 2.29. The Hall–Kier alpha value is -1.22. The quantitative estimate of drug-likeness (QED) is 0.847. The maximum atomic E-state index is 5.48. The summed E-state index contributed by atoms with van der Waals surface area (Å²) in [5, 5.41) is 3.51. The van der Waals surface area contributed by atoms with Crippen LogP contribution in [0.4, 0.5) is 11.4 Å². The molecule has 1 unspecified atom stereocenters. The minimum absolute atomic E-state index is 0.709. The van der Waals surface area contributed by atoms with Crippen LogP contribution in [0.5, 0.6) is 0 Å². The molecule has 0 bridgehead atoms. The molecule has 1 N–H and O–H groups in total. The second-order valence-electron chi connectivity index (χ2n) is 4.97. The van der Waals surface area contributed by atoms with Gasteiger partial charge in [-0.15, -0.1) is 0 Å². The molecule has 3 nitrogen and oxygen atoms in total. The van der Waals surface area contributed by atoms with E-state index in [0.717, 1.165) is 32.8 Å². The van der Waals surface area contributed by atoms with Gasteiger partial charge in [0, 0.05) is 32.2 Å². The van der Waals surface area contributed by atoms with Crippen LogP contribution >= 0.6 is 0 Å². The van der Waals surface area contributed by atoms with Gasteiger partial charge in [-0.2, -0.15) is 0 Å². The molecule has 1 aromatic carbocycles. The number of nitrogens with one attached hydrogen (secondary N) is 1. The van der Waals surface area contributed by atoms with Gasteiger partial charge in [0.1, 0.15) is 0 Å². The first-order chi connectivity index (χ1) is 8.43. The number of fused-ring (bicyclic) bond motifs is 1. The molecule has 1 saturated heterocycles. The van der Waals surface area contributed by atoms with Crippen molar-refractivity contribution in [2.45, 2.75) is 12.8 Å². The van der Waals surface area contributed by atoms with Gasteiger partial charge in [-0.05, 0) is 25.0 Å². The largest absolute Gasteiger partial charge is 0.383 e. The SMILES string of the molecule is c1ccc2c(c1)NCCCN2CC1CCOC1. The van der Waals surface area contributed by atoms with Crippen LogP contribution in [0, 0.1) is 5.92 Å². The summed E-state index contributed by atoms with van der Waals surface area (Å²) in [6.07, 6.45) is 2.42. The lowest BCUT2D eigenvalue weighted by Crippen LogP contribution is -2.30. The van der Waals surface area contributed by atoms with Crippen LogP contribution in [-0.2, 0) is 4.74 Å². The van der Waals surface area contributed by atoms with Gasteiger partial charge < -0.3 is 15.0 Å². The molecule has 2 heterocycles. The molecular formula is C14H20N2O. The summed E-state index contributed by atoms with van der Waals surface area (Å²) in [5.74, 6) is 0.709. The third kappa shape index (κ3) is 2.39. The van der Waals surface area contributed by atoms with Gasteiger partial charge in [0.2, 0.25) is 0 Å². The van der Waals surface area contributed by atoms with E-state index < -0.39 is 0 Å².